The summed E-state index contributed by atoms with van der Waals surface area (Å²) in [6.07, 6.45) is 0. The quantitative estimate of drug-likeness (QED) is 0.717. The van der Waals surface area contributed by atoms with Crippen molar-refractivity contribution in [3.05, 3.63) is 57.4 Å². The molecule has 0 spiro atoms. The van der Waals surface area contributed by atoms with E-state index in [4.69, 9.17) is 16.3 Å². The number of aromatic carboxylic acids is 1. The second-order valence-electron chi connectivity index (χ2n) is 5.72. The number of rotatable bonds is 8. The van der Waals surface area contributed by atoms with Crippen LogP contribution in [0.2, 0.25) is 5.02 Å². The van der Waals surface area contributed by atoms with Gasteiger partial charge in [0.1, 0.15) is 0 Å². The Morgan fingerprint density at radius 3 is 2.71 bits per heavy atom. The highest BCUT2D eigenvalue weighted by Crippen LogP contribution is 2.24. The van der Waals surface area contributed by atoms with Gasteiger partial charge in [0.25, 0.3) is 0 Å². The molecule has 5 nitrogen and oxygen atoms in total. The van der Waals surface area contributed by atoms with Gasteiger partial charge in [-0.15, -0.1) is 0 Å². The minimum absolute atomic E-state index is 0.374. The lowest BCUT2D eigenvalue weighted by molar-refractivity contribution is 0.0694. The Morgan fingerprint density at radius 2 is 2.08 bits per heavy atom. The highest BCUT2D eigenvalue weighted by atomic mass is 35.5. The van der Waals surface area contributed by atoms with Crippen LogP contribution >= 0.6 is 11.6 Å². The molecule has 0 bridgehead atoms. The molecule has 6 heteroatoms. The van der Waals surface area contributed by atoms with Crippen LogP contribution in [0.5, 0.6) is 0 Å². The van der Waals surface area contributed by atoms with Crippen molar-refractivity contribution in [1.29, 1.82) is 0 Å². The van der Waals surface area contributed by atoms with Gasteiger partial charge < -0.3 is 19.7 Å². The van der Waals surface area contributed by atoms with Gasteiger partial charge in [0, 0.05) is 48.7 Å². The molecular formula is C18H23ClN2O3. The largest absolute Gasteiger partial charge is 0.478 e. The van der Waals surface area contributed by atoms with Crippen LogP contribution < -0.4 is 5.32 Å². The lowest BCUT2D eigenvalue weighted by Crippen LogP contribution is -2.20. The fourth-order valence-electron chi connectivity index (χ4n) is 2.89. The molecule has 0 amide bonds. The van der Waals surface area contributed by atoms with E-state index in [2.05, 4.69) is 5.32 Å². The smallest absolute Gasteiger partial charge is 0.337 e. The van der Waals surface area contributed by atoms with Gasteiger partial charge in [0.2, 0.25) is 0 Å². The van der Waals surface area contributed by atoms with Gasteiger partial charge in [0.05, 0.1) is 12.2 Å². The fraction of sp³-hybridized carbons (Fsp3) is 0.389. The van der Waals surface area contributed by atoms with E-state index in [0.29, 0.717) is 36.8 Å². The summed E-state index contributed by atoms with van der Waals surface area (Å²) in [5.41, 5.74) is 3.94. The van der Waals surface area contributed by atoms with Crippen molar-refractivity contribution >= 4 is 17.6 Å². The summed E-state index contributed by atoms with van der Waals surface area (Å²) in [6, 6.07) is 7.62. The number of benzene rings is 1. The average molecular weight is 351 g/mol. The van der Waals surface area contributed by atoms with Gasteiger partial charge in [-0.1, -0.05) is 23.7 Å². The van der Waals surface area contributed by atoms with Crippen molar-refractivity contribution in [2.45, 2.75) is 26.9 Å². The number of carbonyl (C=O) groups is 1. The number of nitrogens with zero attached hydrogens (tertiary/aromatic N) is 1. The van der Waals surface area contributed by atoms with Crippen LogP contribution in [0.4, 0.5) is 0 Å². The maximum Gasteiger partial charge on any atom is 0.337 e. The molecule has 1 heterocycles. The Morgan fingerprint density at radius 1 is 1.33 bits per heavy atom. The molecule has 0 aliphatic heterocycles. The number of ether oxygens (including phenoxy) is 1. The first kappa shape index (κ1) is 18.5. The van der Waals surface area contributed by atoms with Crippen LogP contribution in [0, 0.1) is 13.8 Å². The van der Waals surface area contributed by atoms with Crippen LogP contribution in [0.15, 0.2) is 24.3 Å². The molecule has 130 valence electrons. The minimum Gasteiger partial charge on any atom is -0.478 e. The van der Waals surface area contributed by atoms with E-state index in [0.717, 1.165) is 22.5 Å². The zero-order valence-corrected chi connectivity index (χ0v) is 15.0. The highest BCUT2D eigenvalue weighted by Gasteiger charge is 2.22. The van der Waals surface area contributed by atoms with E-state index in [1.165, 1.54) is 0 Å². The first-order valence-electron chi connectivity index (χ1n) is 7.81. The second-order valence-corrected chi connectivity index (χ2v) is 6.15. The highest BCUT2D eigenvalue weighted by molar-refractivity contribution is 6.30. The number of hydrogen-bond acceptors (Lipinski definition) is 3. The monoisotopic (exact) mass is 350 g/mol. The zero-order valence-electron chi connectivity index (χ0n) is 14.2. The van der Waals surface area contributed by atoms with Gasteiger partial charge in [-0.2, -0.15) is 0 Å². The van der Waals surface area contributed by atoms with E-state index in [9.17, 15) is 9.90 Å². The predicted octanol–water partition coefficient (Wildman–Crippen LogP) is 3.24. The molecule has 0 atom stereocenters. The molecular weight excluding hydrogens is 328 g/mol. The first-order chi connectivity index (χ1) is 11.5. The van der Waals surface area contributed by atoms with E-state index in [-0.39, 0.29) is 0 Å². The molecule has 0 saturated carbocycles. The van der Waals surface area contributed by atoms with Crippen molar-refractivity contribution in [2.24, 2.45) is 0 Å². The maximum atomic E-state index is 11.7. The number of hydrogen-bond donors (Lipinski definition) is 2. The van der Waals surface area contributed by atoms with Crippen molar-refractivity contribution in [2.75, 3.05) is 20.3 Å². The summed E-state index contributed by atoms with van der Waals surface area (Å²) in [6.45, 7) is 6.16. The van der Waals surface area contributed by atoms with Crippen molar-refractivity contribution in [3.8, 4) is 0 Å². The third-order valence-corrected chi connectivity index (χ3v) is 4.37. The van der Waals surface area contributed by atoms with E-state index in [1.54, 1.807) is 7.11 Å². The van der Waals surface area contributed by atoms with Crippen LogP contribution in [0.1, 0.15) is 32.9 Å². The van der Waals surface area contributed by atoms with Crippen LogP contribution in [-0.4, -0.2) is 35.9 Å². The maximum absolute atomic E-state index is 11.7. The van der Waals surface area contributed by atoms with Crippen LogP contribution in [-0.2, 0) is 17.8 Å². The van der Waals surface area contributed by atoms with E-state index in [1.807, 2.05) is 42.7 Å². The van der Waals surface area contributed by atoms with Gasteiger partial charge in [-0.05, 0) is 31.5 Å². The minimum atomic E-state index is -0.899. The van der Waals surface area contributed by atoms with Gasteiger partial charge in [-0.25, -0.2) is 4.79 Å². The number of nitrogens with one attached hydrogen (secondary N) is 1. The lowest BCUT2D eigenvalue weighted by atomic mass is 10.1. The Hall–Kier alpha value is -1.82. The summed E-state index contributed by atoms with van der Waals surface area (Å²) < 4.78 is 7.04. The van der Waals surface area contributed by atoms with Gasteiger partial charge >= 0.3 is 5.97 Å². The topological polar surface area (TPSA) is 63.5 Å². The molecule has 0 aliphatic rings. The van der Waals surface area contributed by atoms with Crippen molar-refractivity contribution in [3.63, 3.8) is 0 Å². The number of halogens is 1. The van der Waals surface area contributed by atoms with Crippen LogP contribution in [0.25, 0.3) is 0 Å². The van der Waals surface area contributed by atoms with Gasteiger partial charge in [-0.3, -0.25) is 0 Å². The Bertz CT molecular complexity index is 725. The summed E-state index contributed by atoms with van der Waals surface area (Å²) in [7, 11) is 1.64. The van der Waals surface area contributed by atoms with Crippen molar-refractivity contribution in [1.82, 2.24) is 9.88 Å². The van der Waals surface area contributed by atoms with E-state index < -0.39 is 5.97 Å². The number of carboxylic acid groups (broad SMARTS) is 1. The molecule has 0 unspecified atom stereocenters. The normalized spacial score (nSPS) is 11.0. The lowest BCUT2D eigenvalue weighted by Gasteiger charge is -2.10. The number of carboxylic acids is 1. The molecule has 24 heavy (non-hydrogen) atoms. The Kier molecular flexibility index (Phi) is 6.43. The van der Waals surface area contributed by atoms with Crippen molar-refractivity contribution < 1.29 is 14.6 Å². The molecule has 1 aromatic carbocycles. The summed E-state index contributed by atoms with van der Waals surface area (Å²) in [4.78, 5) is 11.7. The molecule has 0 fully saturated rings. The number of aromatic nitrogens is 1. The van der Waals surface area contributed by atoms with Crippen LogP contribution in [0.3, 0.4) is 0 Å². The second kappa shape index (κ2) is 8.33. The van der Waals surface area contributed by atoms with E-state index >= 15 is 0 Å². The summed E-state index contributed by atoms with van der Waals surface area (Å²) in [5, 5.41) is 13.5. The third-order valence-electron chi connectivity index (χ3n) is 4.14. The fourth-order valence-corrected chi connectivity index (χ4v) is 3.10. The molecule has 0 radical (unpaired) electrons. The summed E-state index contributed by atoms with van der Waals surface area (Å²) >= 11 is 6.05. The number of methoxy groups -OCH3 is 1. The molecule has 0 saturated heterocycles. The first-order valence-corrected chi connectivity index (χ1v) is 8.19. The molecule has 1 aromatic heterocycles. The molecule has 2 rings (SSSR count). The Balaban J connectivity index is 2.32. The zero-order chi connectivity index (χ0) is 17.7. The third kappa shape index (κ3) is 4.17. The molecule has 0 aliphatic carbocycles. The predicted molar refractivity (Wildman–Crippen MR) is 95.0 cm³/mol. The Labute approximate surface area is 147 Å². The molecule has 2 aromatic rings. The standard InChI is InChI=1S/C18H23ClN2O3/c1-12-16(10-20-7-8-24-3)17(18(22)23)13(2)21(12)11-14-5-4-6-15(19)9-14/h4-6,9,20H,7-8,10-11H2,1-3H3,(H,22,23). The average Bonchev–Trinajstić information content (AvgIpc) is 2.76. The summed E-state index contributed by atoms with van der Waals surface area (Å²) in [5.74, 6) is -0.899. The SMILES string of the molecule is COCCNCc1c(C(=O)O)c(C)n(Cc2cccc(Cl)c2)c1C. The van der Waals surface area contributed by atoms with Gasteiger partial charge in [0.15, 0.2) is 0 Å². The molecule has 2 N–H and O–H groups in total.